The van der Waals surface area contributed by atoms with Crippen LogP contribution in [0.1, 0.15) is 51.1 Å². The molecular weight excluding hydrogens is 252 g/mol. The lowest BCUT2D eigenvalue weighted by Crippen LogP contribution is -2.17. The minimum absolute atomic E-state index is 0.0587. The van der Waals surface area contributed by atoms with E-state index in [9.17, 15) is 0 Å². The number of rotatable bonds is 6. The lowest BCUT2D eigenvalue weighted by molar-refractivity contribution is 0.430. The quantitative estimate of drug-likeness (QED) is 0.842. The lowest BCUT2D eigenvalue weighted by atomic mass is 10.0. The highest BCUT2D eigenvalue weighted by Gasteiger charge is 2.14. The molecule has 1 heterocycles. The van der Waals surface area contributed by atoms with Gasteiger partial charge in [0.2, 0.25) is 5.89 Å². The molecule has 2 aromatic rings. The predicted molar refractivity (Wildman–Crippen MR) is 80.2 cm³/mol. The maximum Gasteiger partial charge on any atom is 0.320 e. The first-order valence-corrected chi connectivity index (χ1v) is 7.04. The summed E-state index contributed by atoms with van der Waals surface area (Å²) in [6.45, 7) is 9.23. The van der Waals surface area contributed by atoms with Crippen LogP contribution in [0, 0.1) is 0 Å². The second kappa shape index (κ2) is 6.52. The van der Waals surface area contributed by atoms with Crippen molar-refractivity contribution in [2.24, 2.45) is 0 Å². The number of hydrogen-bond donors (Lipinski definition) is 2. The lowest BCUT2D eigenvalue weighted by Gasteiger charge is -2.12. The number of benzene rings is 1. The fourth-order valence-electron chi connectivity index (χ4n) is 2.08. The third-order valence-corrected chi connectivity index (χ3v) is 3.15. The summed E-state index contributed by atoms with van der Waals surface area (Å²) in [7, 11) is 0. The highest BCUT2D eigenvalue weighted by molar-refractivity contribution is 5.58. The van der Waals surface area contributed by atoms with Crippen molar-refractivity contribution in [3.8, 4) is 0 Å². The highest BCUT2D eigenvalue weighted by Crippen LogP contribution is 2.26. The average Bonchev–Trinajstić information content (AvgIpc) is 2.88. The summed E-state index contributed by atoms with van der Waals surface area (Å²) >= 11 is 0. The minimum Gasteiger partial charge on any atom is -0.406 e. The summed E-state index contributed by atoms with van der Waals surface area (Å²) in [5.74, 6) is 1.03. The summed E-state index contributed by atoms with van der Waals surface area (Å²) in [6.07, 6.45) is 0. The van der Waals surface area contributed by atoms with Crippen LogP contribution in [0.5, 0.6) is 0 Å². The van der Waals surface area contributed by atoms with Crippen LogP contribution < -0.4 is 10.6 Å². The molecule has 0 radical (unpaired) electrons. The molecule has 1 atom stereocenters. The molecule has 1 aromatic heterocycles. The van der Waals surface area contributed by atoms with E-state index in [1.807, 2.05) is 32.0 Å². The summed E-state index contributed by atoms with van der Waals surface area (Å²) in [5.41, 5.74) is 2.24. The maximum atomic E-state index is 5.64. The molecule has 2 N–H and O–H groups in total. The van der Waals surface area contributed by atoms with E-state index in [-0.39, 0.29) is 6.04 Å². The van der Waals surface area contributed by atoms with E-state index in [2.05, 4.69) is 40.7 Å². The van der Waals surface area contributed by atoms with E-state index >= 15 is 0 Å². The highest BCUT2D eigenvalue weighted by atomic mass is 16.4. The second-order valence-corrected chi connectivity index (χ2v) is 5.09. The normalized spacial score (nSPS) is 12.7. The Kier molecular flexibility index (Phi) is 4.74. The number of aromatic nitrogens is 2. The maximum absolute atomic E-state index is 5.64. The Hall–Kier alpha value is -1.88. The topological polar surface area (TPSA) is 63.0 Å². The van der Waals surface area contributed by atoms with Crippen LogP contribution in [-0.4, -0.2) is 16.7 Å². The van der Waals surface area contributed by atoms with Gasteiger partial charge in [0.1, 0.15) is 0 Å². The molecule has 5 heteroatoms. The summed E-state index contributed by atoms with van der Waals surface area (Å²) in [5, 5.41) is 14.6. The summed E-state index contributed by atoms with van der Waals surface area (Å²) in [4.78, 5) is 0. The predicted octanol–water partition coefficient (Wildman–Crippen LogP) is 3.61. The Morgan fingerprint density at radius 2 is 1.90 bits per heavy atom. The molecular formula is C15H22N4O. The zero-order chi connectivity index (χ0) is 14.5. The Balaban J connectivity index is 2.15. The molecule has 0 saturated carbocycles. The van der Waals surface area contributed by atoms with Crippen molar-refractivity contribution >= 4 is 11.7 Å². The van der Waals surface area contributed by atoms with Gasteiger partial charge in [0.15, 0.2) is 0 Å². The zero-order valence-electron chi connectivity index (χ0n) is 12.5. The van der Waals surface area contributed by atoms with Crippen molar-refractivity contribution in [2.45, 2.75) is 39.7 Å². The molecule has 0 saturated heterocycles. The smallest absolute Gasteiger partial charge is 0.320 e. The van der Waals surface area contributed by atoms with Gasteiger partial charge in [-0.15, -0.1) is 5.10 Å². The Bertz CT molecular complexity index is 550. The molecule has 1 aromatic carbocycles. The Morgan fingerprint density at radius 1 is 1.15 bits per heavy atom. The SMILES string of the molecule is CCNC(C)c1nnc(Nc2ccccc2C(C)C)o1. The standard InChI is InChI=1S/C15H22N4O/c1-5-16-11(4)14-18-19-15(20-14)17-13-9-7-6-8-12(13)10(2)3/h6-11,16H,5H2,1-4H3,(H,17,19). The van der Waals surface area contributed by atoms with Crippen LogP contribution in [0.15, 0.2) is 28.7 Å². The molecule has 0 bridgehead atoms. The van der Waals surface area contributed by atoms with Gasteiger partial charge in [-0.2, -0.15) is 0 Å². The number of anilines is 2. The number of para-hydroxylation sites is 1. The van der Waals surface area contributed by atoms with Gasteiger partial charge >= 0.3 is 6.01 Å². The third-order valence-electron chi connectivity index (χ3n) is 3.15. The first-order chi connectivity index (χ1) is 9.61. The Labute approximate surface area is 119 Å². The van der Waals surface area contributed by atoms with Crippen molar-refractivity contribution in [2.75, 3.05) is 11.9 Å². The number of hydrogen-bond acceptors (Lipinski definition) is 5. The van der Waals surface area contributed by atoms with Gasteiger partial charge in [0.25, 0.3) is 0 Å². The van der Waals surface area contributed by atoms with E-state index < -0.39 is 0 Å². The van der Waals surface area contributed by atoms with Crippen LogP contribution in [0.25, 0.3) is 0 Å². The van der Waals surface area contributed by atoms with Crippen LogP contribution in [-0.2, 0) is 0 Å². The fraction of sp³-hybridized carbons (Fsp3) is 0.467. The molecule has 0 aliphatic carbocycles. The molecule has 20 heavy (non-hydrogen) atoms. The van der Waals surface area contributed by atoms with Crippen molar-refractivity contribution in [3.05, 3.63) is 35.7 Å². The van der Waals surface area contributed by atoms with E-state index in [1.54, 1.807) is 0 Å². The van der Waals surface area contributed by atoms with Gasteiger partial charge in [-0.3, -0.25) is 0 Å². The molecule has 0 aliphatic heterocycles. The van der Waals surface area contributed by atoms with Crippen LogP contribution >= 0.6 is 0 Å². The van der Waals surface area contributed by atoms with E-state index in [1.165, 1.54) is 5.56 Å². The molecule has 0 spiro atoms. The molecule has 2 rings (SSSR count). The van der Waals surface area contributed by atoms with Gasteiger partial charge in [0, 0.05) is 5.69 Å². The first kappa shape index (κ1) is 14.5. The largest absolute Gasteiger partial charge is 0.406 e. The van der Waals surface area contributed by atoms with Gasteiger partial charge in [0.05, 0.1) is 6.04 Å². The Morgan fingerprint density at radius 3 is 2.60 bits per heavy atom. The third kappa shape index (κ3) is 3.36. The molecule has 5 nitrogen and oxygen atoms in total. The van der Waals surface area contributed by atoms with Gasteiger partial charge in [-0.05, 0) is 31.0 Å². The van der Waals surface area contributed by atoms with Crippen LogP contribution in [0.3, 0.4) is 0 Å². The minimum atomic E-state index is 0.0587. The van der Waals surface area contributed by atoms with Crippen molar-refractivity contribution in [1.82, 2.24) is 15.5 Å². The van der Waals surface area contributed by atoms with E-state index in [0.29, 0.717) is 17.8 Å². The van der Waals surface area contributed by atoms with Crippen molar-refractivity contribution in [1.29, 1.82) is 0 Å². The summed E-state index contributed by atoms with van der Waals surface area (Å²) in [6, 6.07) is 8.64. The molecule has 108 valence electrons. The second-order valence-electron chi connectivity index (χ2n) is 5.09. The molecule has 0 fully saturated rings. The first-order valence-electron chi connectivity index (χ1n) is 7.04. The average molecular weight is 274 g/mol. The van der Waals surface area contributed by atoms with E-state index in [4.69, 9.17) is 4.42 Å². The molecule has 0 aliphatic rings. The number of nitrogens with one attached hydrogen (secondary N) is 2. The van der Waals surface area contributed by atoms with Gasteiger partial charge in [-0.1, -0.05) is 44.1 Å². The van der Waals surface area contributed by atoms with Gasteiger partial charge in [-0.25, -0.2) is 0 Å². The van der Waals surface area contributed by atoms with Crippen molar-refractivity contribution in [3.63, 3.8) is 0 Å². The fourth-order valence-corrected chi connectivity index (χ4v) is 2.08. The molecule has 1 unspecified atom stereocenters. The van der Waals surface area contributed by atoms with Crippen molar-refractivity contribution < 1.29 is 4.42 Å². The van der Waals surface area contributed by atoms with Gasteiger partial charge < -0.3 is 15.1 Å². The van der Waals surface area contributed by atoms with Crippen LogP contribution in [0.4, 0.5) is 11.7 Å². The van der Waals surface area contributed by atoms with Crippen LogP contribution in [0.2, 0.25) is 0 Å². The molecule has 0 amide bonds. The monoisotopic (exact) mass is 274 g/mol. The zero-order valence-corrected chi connectivity index (χ0v) is 12.5. The summed E-state index contributed by atoms with van der Waals surface area (Å²) < 4.78 is 5.64. The van der Waals surface area contributed by atoms with E-state index in [0.717, 1.165) is 12.2 Å². The number of nitrogens with zero attached hydrogens (tertiary/aromatic N) is 2.